The number of hydrogen-bond acceptors (Lipinski definition) is 1. The lowest BCUT2D eigenvalue weighted by Gasteiger charge is -2.26. The molecule has 0 aromatic heterocycles. The number of nitrogens with zero attached hydrogens (tertiary/aromatic N) is 1. The molecular weight excluding hydrogens is 254 g/mol. The number of rotatable bonds is 3. The van der Waals surface area contributed by atoms with Crippen LogP contribution in [0.4, 0.5) is 5.69 Å². The predicted octanol–water partition coefficient (Wildman–Crippen LogP) is 3.13. The van der Waals surface area contributed by atoms with Gasteiger partial charge in [-0.15, -0.1) is 0 Å². The third-order valence-electron chi connectivity index (χ3n) is 2.21. The highest BCUT2D eigenvalue weighted by molar-refractivity contribution is 9.09. The highest BCUT2D eigenvalue weighted by atomic mass is 79.9. The Bertz CT molecular complexity index is 332. The van der Waals surface area contributed by atoms with E-state index in [1.165, 1.54) is 5.56 Å². The summed E-state index contributed by atoms with van der Waals surface area (Å²) >= 11 is 3.20. The molecule has 0 fully saturated rings. The number of carbonyl (C=O) groups excluding carboxylic acids is 1. The second-order valence-corrected chi connectivity index (χ2v) is 4.39. The summed E-state index contributed by atoms with van der Waals surface area (Å²) in [6.07, 6.45) is 0. The Kier molecular flexibility index (Phi) is 4.33. The fourth-order valence-corrected chi connectivity index (χ4v) is 1.77. The van der Waals surface area contributed by atoms with Gasteiger partial charge >= 0.3 is 0 Å². The molecule has 1 aromatic rings. The first-order chi connectivity index (χ1) is 7.06. The molecule has 0 saturated heterocycles. The van der Waals surface area contributed by atoms with Crippen LogP contribution in [0, 0.1) is 6.92 Å². The molecule has 0 radical (unpaired) electrons. The average Bonchev–Trinajstić information content (AvgIpc) is 2.20. The van der Waals surface area contributed by atoms with Gasteiger partial charge in [-0.05, 0) is 32.9 Å². The molecule has 1 aromatic carbocycles. The summed E-state index contributed by atoms with van der Waals surface area (Å²) in [6.45, 7) is 6.07. The molecule has 2 nitrogen and oxygen atoms in total. The summed E-state index contributed by atoms with van der Waals surface area (Å²) in [5.74, 6) is 0.0915. The molecule has 0 N–H and O–H groups in total. The summed E-state index contributed by atoms with van der Waals surface area (Å²) in [4.78, 5) is 13.5. The quantitative estimate of drug-likeness (QED) is 0.773. The van der Waals surface area contributed by atoms with Crippen molar-refractivity contribution in [2.24, 2.45) is 0 Å². The summed E-state index contributed by atoms with van der Waals surface area (Å²) < 4.78 is 0. The van der Waals surface area contributed by atoms with Crippen LogP contribution in [-0.2, 0) is 4.79 Å². The van der Waals surface area contributed by atoms with E-state index in [-0.39, 0.29) is 11.9 Å². The maximum Gasteiger partial charge on any atom is 0.237 e. The van der Waals surface area contributed by atoms with Crippen molar-refractivity contribution in [3.05, 3.63) is 29.8 Å². The molecule has 15 heavy (non-hydrogen) atoms. The minimum atomic E-state index is 0.0915. The number of halogens is 1. The number of hydrogen-bond donors (Lipinski definition) is 0. The van der Waals surface area contributed by atoms with Gasteiger partial charge in [0.25, 0.3) is 0 Å². The van der Waals surface area contributed by atoms with Gasteiger partial charge in [-0.1, -0.05) is 33.6 Å². The third kappa shape index (κ3) is 3.06. The molecule has 1 amide bonds. The Morgan fingerprint density at radius 2 is 1.87 bits per heavy atom. The van der Waals surface area contributed by atoms with Gasteiger partial charge < -0.3 is 4.90 Å². The smallest absolute Gasteiger partial charge is 0.237 e. The average molecular weight is 270 g/mol. The summed E-state index contributed by atoms with van der Waals surface area (Å²) in [5.41, 5.74) is 2.16. The summed E-state index contributed by atoms with van der Waals surface area (Å²) in [5, 5.41) is 0.360. The van der Waals surface area contributed by atoms with E-state index >= 15 is 0 Å². The number of amides is 1. The van der Waals surface area contributed by atoms with E-state index in [1.54, 1.807) is 4.90 Å². The second kappa shape index (κ2) is 5.31. The van der Waals surface area contributed by atoms with Crippen LogP contribution in [0.15, 0.2) is 24.3 Å². The molecular formula is C12H16BrNO. The molecule has 0 aliphatic heterocycles. The van der Waals surface area contributed by atoms with Crippen molar-refractivity contribution in [2.45, 2.75) is 26.8 Å². The summed E-state index contributed by atoms with van der Waals surface area (Å²) in [7, 11) is 0. The van der Waals surface area contributed by atoms with Crippen molar-refractivity contribution < 1.29 is 4.79 Å². The highest BCUT2D eigenvalue weighted by Crippen LogP contribution is 2.18. The monoisotopic (exact) mass is 269 g/mol. The lowest BCUT2D eigenvalue weighted by Crippen LogP contribution is -2.37. The molecule has 0 unspecified atom stereocenters. The van der Waals surface area contributed by atoms with Gasteiger partial charge in [-0.3, -0.25) is 4.79 Å². The van der Waals surface area contributed by atoms with Crippen LogP contribution in [0.25, 0.3) is 0 Å². The lowest BCUT2D eigenvalue weighted by molar-refractivity contribution is -0.116. The maximum atomic E-state index is 11.7. The maximum absolute atomic E-state index is 11.7. The molecule has 0 atom stereocenters. The van der Waals surface area contributed by atoms with E-state index in [2.05, 4.69) is 15.9 Å². The van der Waals surface area contributed by atoms with Crippen molar-refractivity contribution >= 4 is 27.5 Å². The van der Waals surface area contributed by atoms with Crippen LogP contribution in [-0.4, -0.2) is 17.3 Å². The van der Waals surface area contributed by atoms with Crippen molar-refractivity contribution in [3.63, 3.8) is 0 Å². The van der Waals surface area contributed by atoms with Crippen LogP contribution < -0.4 is 4.90 Å². The fraction of sp³-hybridized carbons (Fsp3) is 0.417. The van der Waals surface area contributed by atoms with E-state index in [0.717, 1.165) is 5.69 Å². The zero-order chi connectivity index (χ0) is 11.4. The van der Waals surface area contributed by atoms with E-state index in [1.807, 2.05) is 45.0 Å². The molecule has 0 spiro atoms. The number of carbonyl (C=O) groups is 1. The van der Waals surface area contributed by atoms with Crippen LogP contribution in [0.2, 0.25) is 0 Å². The van der Waals surface area contributed by atoms with E-state index in [0.29, 0.717) is 5.33 Å². The standard InChI is InChI=1S/C12H16BrNO/c1-9(2)14(12(15)8-13)11-6-4-10(3)5-7-11/h4-7,9H,8H2,1-3H3. The molecule has 1 rings (SSSR count). The SMILES string of the molecule is Cc1ccc(N(C(=O)CBr)C(C)C)cc1. The number of aryl methyl sites for hydroxylation is 1. The van der Waals surface area contributed by atoms with Gasteiger partial charge in [0.2, 0.25) is 5.91 Å². The molecule has 0 saturated carbocycles. The number of alkyl halides is 1. The molecule has 0 heterocycles. The normalized spacial score (nSPS) is 10.5. The Morgan fingerprint density at radius 1 is 1.33 bits per heavy atom. The molecule has 0 aliphatic rings. The van der Waals surface area contributed by atoms with Crippen molar-refractivity contribution in [1.82, 2.24) is 0 Å². The molecule has 82 valence electrons. The number of anilines is 1. The van der Waals surface area contributed by atoms with Crippen LogP contribution >= 0.6 is 15.9 Å². The zero-order valence-electron chi connectivity index (χ0n) is 9.33. The van der Waals surface area contributed by atoms with Crippen molar-refractivity contribution in [1.29, 1.82) is 0 Å². The van der Waals surface area contributed by atoms with Gasteiger partial charge in [-0.2, -0.15) is 0 Å². The van der Waals surface area contributed by atoms with Crippen LogP contribution in [0.3, 0.4) is 0 Å². The van der Waals surface area contributed by atoms with E-state index in [9.17, 15) is 4.79 Å². The summed E-state index contributed by atoms with van der Waals surface area (Å²) in [6, 6.07) is 8.18. The Morgan fingerprint density at radius 3 is 2.27 bits per heavy atom. The van der Waals surface area contributed by atoms with Gasteiger partial charge in [-0.25, -0.2) is 0 Å². The molecule has 0 aliphatic carbocycles. The Hall–Kier alpha value is -0.830. The van der Waals surface area contributed by atoms with Crippen molar-refractivity contribution in [3.8, 4) is 0 Å². The van der Waals surface area contributed by atoms with Gasteiger partial charge in [0, 0.05) is 11.7 Å². The van der Waals surface area contributed by atoms with Gasteiger partial charge in [0.15, 0.2) is 0 Å². The number of benzene rings is 1. The largest absolute Gasteiger partial charge is 0.309 e. The third-order valence-corrected chi connectivity index (χ3v) is 2.69. The second-order valence-electron chi connectivity index (χ2n) is 3.83. The van der Waals surface area contributed by atoms with Crippen molar-refractivity contribution in [2.75, 3.05) is 10.2 Å². The minimum absolute atomic E-state index is 0.0915. The first-order valence-electron chi connectivity index (χ1n) is 5.01. The first-order valence-corrected chi connectivity index (χ1v) is 6.13. The zero-order valence-corrected chi connectivity index (χ0v) is 10.9. The van der Waals surface area contributed by atoms with E-state index in [4.69, 9.17) is 0 Å². The predicted molar refractivity (Wildman–Crippen MR) is 67.6 cm³/mol. The molecule has 3 heteroatoms. The Labute approximate surface area is 99.4 Å². The van der Waals surface area contributed by atoms with E-state index < -0.39 is 0 Å². The topological polar surface area (TPSA) is 20.3 Å². The van der Waals surface area contributed by atoms with Gasteiger partial charge in [0.05, 0.1) is 5.33 Å². The molecule has 0 bridgehead atoms. The fourth-order valence-electron chi connectivity index (χ4n) is 1.50. The Balaban J connectivity index is 2.99. The lowest BCUT2D eigenvalue weighted by atomic mass is 10.2. The van der Waals surface area contributed by atoms with Crippen LogP contribution in [0.1, 0.15) is 19.4 Å². The first kappa shape index (κ1) is 12.2. The van der Waals surface area contributed by atoms with Crippen LogP contribution in [0.5, 0.6) is 0 Å². The minimum Gasteiger partial charge on any atom is -0.309 e. The van der Waals surface area contributed by atoms with Gasteiger partial charge in [0.1, 0.15) is 0 Å². The highest BCUT2D eigenvalue weighted by Gasteiger charge is 2.17.